The Balaban J connectivity index is 0.00000128. The highest BCUT2D eigenvalue weighted by molar-refractivity contribution is 8.93. The molecule has 3 heteroatoms. The molecule has 0 bridgehead atoms. The maximum Gasteiger partial charge on any atom is 0.119 e. The second-order valence-corrected chi connectivity index (χ2v) is 3.41. The van der Waals surface area contributed by atoms with Crippen molar-refractivity contribution < 1.29 is 4.74 Å². The normalized spacial score (nSPS) is 12.4. The first-order valence-corrected chi connectivity index (χ1v) is 4.88. The molecule has 0 aliphatic carbocycles. The standard InChI is InChI=1S/C13H13NO.BrH/c1-3-8-14-9-4-5-11-10-12(15-2)6-7-13(11)14;/h1,4-7,10H,8-9H2,2H3;1H. The molecule has 0 N–H and O–H groups in total. The van der Waals surface area contributed by atoms with Crippen molar-refractivity contribution in [2.75, 3.05) is 25.1 Å². The van der Waals surface area contributed by atoms with Gasteiger partial charge in [0.1, 0.15) is 5.75 Å². The topological polar surface area (TPSA) is 12.5 Å². The minimum atomic E-state index is 0. The van der Waals surface area contributed by atoms with Crippen LogP contribution in [0.5, 0.6) is 5.75 Å². The number of fused-ring (bicyclic) bond motifs is 1. The van der Waals surface area contributed by atoms with E-state index in [0.717, 1.165) is 17.9 Å². The summed E-state index contributed by atoms with van der Waals surface area (Å²) in [6.45, 7) is 1.52. The highest BCUT2D eigenvalue weighted by Gasteiger charge is 2.12. The van der Waals surface area contributed by atoms with Gasteiger partial charge in [-0.25, -0.2) is 0 Å². The minimum absolute atomic E-state index is 0. The van der Waals surface area contributed by atoms with Gasteiger partial charge in [-0.15, -0.1) is 23.4 Å². The molecule has 1 aromatic carbocycles. The molecule has 0 amide bonds. The summed E-state index contributed by atoms with van der Waals surface area (Å²) in [5.74, 6) is 3.54. The van der Waals surface area contributed by atoms with Crippen LogP contribution in [0, 0.1) is 12.3 Å². The number of terminal acetylenes is 1. The fraction of sp³-hybridized carbons (Fsp3) is 0.231. The van der Waals surface area contributed by atoms with Gasteiger partial charge in [0.05, 0.1) is 13.7 Å². The smallest absolute Gasteiger partial charge is 0.119 e. The summed E-state index contributed by atoms with van der Waals surface area (Å²) in [7, 11) is 1.67. The highest BCUT2D eigenvalue weighted by atomic mass is 79.9. The van der Waals surface area contributed by atoms with E-state index in [2.05, 4.69) is 29.0 Å². The lowest BCUT2D eigenvalue weighted by Gasteiger charge is -2.26. The maximum absolute atomic E-state index is 5.33. The van der Waals surface area contributed by atoms with Crippen LogP contribution >= 0.6 is 17.0 Å². The number of nitrogens with zero attached hydrogens (tertiary/aromatic N) is 1. The van der Waals surface area contributed by atoms with Crippen LogP contribution in [0.15, 0.2) is 24.3 Å². The summed E-state index contributed by atoms with van der Waals surface area (Å²) >= 11 is 0. The van der Waals surface area contributed by atoms with Gasteiger partial charge in [-0.3, -0.25) is 0 Å². The number of methoxy groups -OCH3 is 1. The molecule has 2 nitrogen and oxygen atoms in total. The third-order valence-electron chi connectivity index (χ3n) is 2.48. The van der Waals surface area contributed by atoms with Crippen LogP contribution in [0.1, 0.15) is 5.56 Å². The number of hydrogen-bond donors (Lipinski definition) is 0. The third-order valence-corrected chi connectivity index (χ3v) is 2.48. The zero-order valence-corrected chi connectivity index (χ0v) is 10.9. The van der Waals surface area contributed by atoms with Crippen LogP contribution in [0.3, 0.4) is 0 Å². The molecular weight excluding hydrogens is 266 g/mol. The molecule has 84 valence electrons. The van der Waals surface area contributed by atoms with Gasteiger partial charge in [0.25, 0.3) is 0 Å². The van der Waals surface area contributed by atoms with Crippen molar-refractivity contribution in [3.8, 4) is 18.1 Å². The van der Waals surface area contributed by atoms with Gasteiger partial charge in [-0.2, -0.15) is 0 Å². The second-order valence-electron chi connectivity index (χ2n) is 3.41. The minimum Gasteiger partial charge on any atom is -0.497 e. The number of ether oxygens (including phenoxy) is 1. The van der Waals surface area contributed by atoms with E-state index in [1.807, 2.05) is 12.1 Å². The summed E-state index contributed by atoms with van der Waals surface area (Å²) < 4.78 is 5.18. The monoisotopic (exact) mass is 279 g/mol. The lowest BCUT2D eigenvalue weighted by molar-refractivity contribution is 0.414. The van der Waals surface area contributed by atoms with Crippen molar-refractivity contribution in [3.05, 3.63) is 29.8 Å². The Hall–Kier alpha value is -1.40. The second kappa shape index (κ2) is 5.62. The lowest BCUT2D eigenvalue weighted by Crippen LogP contribution is -2.26. The molecule has 0 saturated carbocycles. The molecule has 16 heavy (non-hydrogen) atoms. The zero-order valence-electron chi connectivity index (χ0n) is 9.14. The molecule has 0 radical (unpaired) electrons. The van der Waals surface area contributed by atoms with Gasteiger partial charge in [0, 0.05) is 17.8 Å². The molecular formula is C13H14BrNO. The predicted octanol–water partition coefficient (Wildman–Crippen LogP) is 2.74. The number of halogens is 1. The summed E-state index contributed by atoms with van der Waals surface area (Å²) in [5, 5.41) is 0. The predicted molar refractivity (Wildman–Crippen MR) is 73.4 cm³/mol. The summed E-state index contributed by atoms with van der Waals surface area (Å²) in [5.41, 5.74) is 2.34. The lowest BCUT2D eigenvalue weighted by atomic mass is 10.1. The van der Waals surface area contributed by atoms with E-state index < -0.39 is 0 Å². The van der Waals surface area contributed by atoms with Crippen LogP contribution in [0.25, 0.3) is 6.08 Å². The summed E-state index contributed by atoms with van der Waals surface area (Å²) in [6, 6.07) is 6.03. The molecule has 0 fully saturated rings. The van der Waals surface area contributed by atoms with Gasteiger partial charge < -0.3 is 9.64 Å². The van der Waals surface area contributed by atoms with Crippen molar-refractivity contribution in [2.45, 2.75) is 0 Å². The van der Waals surface area contributed by atoms with E-state index in [1.54, 1.807) is 7.11 Å². The van der Waals surface area contributed by atoms with Crippen molar-refractivity contribution in [1.29, 1.82) is 0 Å². The van der Waals surface area contributed by atoms with Crippen LogP contribution in [-0.2, 0) is 0 Å². The van der Waals surface area contributed by atoms with Gasteiger partial charge in [0.2, 0.25) is 0 Å². The highest BCUT2D eigenvalue weighted by Crippen LogP contribution is 2.29. The van der Waals surface area contributed by atoms with E-state index in [1.165, 1.54) is 5.69 Å². The molecule has 1 aliphatic heterocycles. The van der Waals surface area contributed by atoms with Crippen LogP contribution in [-0.4, -0.2) is 20.2 Å². The first-order chi connectivity index (χ1) is 7.35. The van der Waals surface area contributed by atoms with E-state index in [4.69, 9.17) is 11.2 Å². The number of anilines is 1. The Labute approximate surface area is 107 Å². The molecule has 1 heterocycles. The fourth-order valence-electron chi connectivity index (χ4n) is 1.75. The van der Waals surface area contributed by atoms with Gasteiger partial charge in [0.15, 0.2) is 0 Å². The third kappa shape index (κ3) is 2.40. The van der Waals surface area contributed by atoms with Gasteiger partial charge >= 0.3 is 0 Å². The average Bonchev–Trinajstić information content (AvgIpc) is 2.29. The molecule has 2 rings (SSSR count). The van der Waals surface area contributed by atoms with Crippen molar-refractivity contribution in [2.24, 2.45) is 0 Å². The molecule has 1 aliphatic rings. The van der Waals surface area contributed by atoms with Gasteiger partial charge in [-0.05, 0) is 18.2 Å². The fourth-order valence-corrected chi connectivity index (χ4v) is 1.75. The number of hydrogen-bond acceptors (Lipinski definition) is 2. The Bertz CT molecular complexity index is 434. The average molecular weight is 280 g/mol. The zero-order chi connectivity index (χ0) is 10.7. The molecule has 0 unspecified atom stereocenters. The van der Waals surface area contributed by atoms with Crippen molar-refractivity contribution in [1.82, 2.24) is 0 Å². The Morgan fingerprint density at radius 2 is 2.31 bits per heavy atom. The van der Waals surface area contributed by atoms with Crippen LogP contribution in [0.4, 0.5) is 5.69 Å². The van der Waals surface area contributed by atoms with E-state index in [0.29, 0.717) is 6.54 Å². The van der Waals surface area contributed by atoms with Crippen molar-refractivity contribution in [3.63, 3.8) is 0 Å². The summed E-state index contributed by atoms with van der Waals surface area (Å²) in [4.78, 5) is 2.16. The quantitative estimate of drug-likeness (QED) is 0.772. The van der Waals surface area contributed by atoms with E-state index in [-0.39, 0.29) is 17.0 Å². The Morgan fingerprint density at radius 1 is 1.50 bits per heavy atom. The number of rotatable bonds is 2. The van der Waals surface area contributed by atoms with E-state index >= 15 is 0 Å². The molecule has 0 aromatic heterocycles. The molecule has 1 aromatic rings. The summed E-state index contributed by atoms with van der Waals surface area (Å²) in [6.07, 6.45) is 9.54. The molecule has 0 spiro atoms. The van der Waals surface area contributed by atoms with E-state index in [9.17, 15) is 0 Å². The number of benzene rings is 1. The maximum atomic E-state index is 5.33. The van der Waals surface area contributed by atoms with Crippen LogP contribution < -0.4 is 9.64 Å². The first-order valence-electron chi connectivity index (χ1n) is 4.88. The first kappa shape index (κ1) is 12.7. The Morgan fingerprint density at radius 3 is 3.00 bits per heavy atom. The largest absolute Gasteiger partial charge is 0.497 e. The van der Waals surface area contributed by atoms with Crippen molar-refractivity contribution >= 4 is 28.7 Å². The Kier molecular flexibility index (Phi) is 4.45. The van der Waals surface area contributed by atoms with Crippen LogP contribution in [0.2, 0.25) is 0 Å². The SMILES string of the molecule is Br.C#CCN1CC=Cc2cc(OC)ccc21. The molecule has 0 atom stereocenters. The molecule has 0 saturated heterocycles. The van der Waals surface area contributed by atoms with Gasteiger partial charge in [-0.1, -0.05) is 18.1 Å².